The van der Waals surface area contributed by atoms with Crippen molar-refractivity contribution in [3.63, 3.8) is 0 Å². The lowest BCUT2D eigenvalue weighted by molar-refractivity contribution is -0.158. The van der Waals surface area contributed by atoms with Crippen LogP contribution in [0.3, 0.4) is 0 Å². The van der Waals surface area contributed by atoms with Crippen LogP contribution >= 0.6 is 22.9 Å². The van der Waals surface area contributed by atoms with Gasteiger partial charge in [0.2, 0.25) is 0 Å². The van der Waals surface area contributed by atoms with Crippen LogP contribution < -0.4 is 9.61 Å². The molecule has 4 aromatic rings. The van der Waals surface area contributed by atoms with Crippen molar-refractivity contribution in [2.75, 3.05) is 20.8 Å². The third-order valence-corrected chi connectivity index (χ3v) is 7.15. The lowest BCUT2D eigenvalue weighted by atomic mass is 9.99. The van der Waals surface area contributed by atoms with E-state index in [4.69, 9.17) is 16.3 Å². The maximum Gasteiger partial charge on any atom is 0.320 e. The number of halogens is 1. The molecule has 1 heterocycles. The monoisotopic (exact) mass is 553 g/mol. The molecule has 0 bridgehead atoms. The zero-order chi connectivity index (χ0) is 27.2. The molecule has 0 aliphatic carbocycles. The van der Waals surface area contributed by atoms with Crippen molar-refractivity contribution in [2.24, 2.45) is 5.92 Å². The highest BCUT2D eigenvalue weighted by molar-refractivity contribution is 7.16. The molecule has 1 aromatic heterocycles. The lowest BCUT2D eigenvalue weighted by Crippen LogP contribution is -2.28. The Hall–Kier alpha value is -3.95. The molecule has 0 spiro atoms. The number of hydrogen-bond donors (Lipinski definition) is 0. The number of ketones is 1. The van der Waals surface area contributed by atoms with E-state index >= 15 is 0 Å². The summed E-state index contributed by atoms with van der Waals surface area (Å²) in [4.78, 5) is 49.1. The minimum absolute atomic E-state index is 0.137. The second kappa shape index (κ2) is 12.1. The van der Waals surface area contributed by atoms with Crippen molar-refractivity contribution in [3.8, 4) is 5.75 Å². The van der Waals surface area contributed by atoms with E-state index in [1.54, 1.807) is 71.3 Å². The summed E-state index contributed by atoms with van der Waals surface area (Å²) in [7, 11) is 2.44. The Labute approximate surface area is 227 Å². The summed E-state index contributed by atoms with van der Waals surface area (Å²) < 4.78 is 17.5. The summed E-state index contributed by atoms with van der Waals surface area (Å²) in [6.45, 7) is 0.557. The number of aromatic nitrogens is 1. The molecule has 196 valence electrons. The zero-order valence-electron chi connectivity index (χ0n) is 20.6. The molecule has 4 rings (SSSR count). The van der Waals surface area contributed by atoms with Gasteiger partial charge in [0.1, 0.15) is 12.4 Å². The first-order valence-electron chi connectivity index (χ1n) is 11.6. The molecule has 10 heteroatoms. The number of benzene rings is 3. The van der Waals surface area contributed by atoms with Crippen LogP contribution in [0.5, 0.6) is 5.75 Å². The quantitative estimate of drug-likeness (QED) is 0.161. The minimum Gasteiger partial charge on any atom is -0.492 e. The van der Waals surface area contributed by atoms with Gasteiger partial charge in [-0.1, -0.05) is 35.1 Å². The number of carbonyl (C=O) groups excluding carboxylic acids is 3. The van der Waals surface area contributed by atoms with Crippen molar-refractivity contribution >= 4 is 50.9 Å². The van der Waals surface area contributed by atoms with Crippen LogP contribution in [-0.4, -0.2) is 43.1 Å². The highest BCUT2D eigenvalue weighted by Crippen LogP contribution is 2.22. The standard InChI is InChI=1S/C28H24ClNO7S/c1-35-26(32)22(27(33)36-2)15-17-3-10-21(11-4-17)37-14-13-30-23-12-7-19(16-24(23)38-28(30)34)25(31)18-5-8-20(29)9-6-18/h3-12,16,22H,13-15H2,1-2H3. The van der Waals surface area contributed by atoms with Gasteiger partial charge in [-0.25, -0.2) is 0 Å². The molecule has 0 unspecified atom stereocenters. The summed E-state index contributed by atoms with van der Waals surface area (Å²) in [5.41, 5.74) is 2.47. The molecule has 38 heavy (non-hydrogen) atoms. The first-order chi connectivity index (χ1) is 18.3. The smallest absolute Gasteiger partial charge is 0.320 e. The first kappa shape index (κ1) is 27.1. The molecule has 0 amide bonds. The summed E-state index contributed by atoms with van der Waals surface area (Å²) in [5, 5.41) is 0.552. The van der Waals surface area contributed by atoms with Gasteiger partial charge >= 0.3 is 16.8 Å². The summed E-state index contributed by atoms with van der Waals surface area (Å²) >= 11 is 6.98. The van der Waals surface area contributed by atoms with E-state index in [9.17, 15) is 19.2 Å². The van der Waals surface area contributed by atoms with Gasteiger partial charge in [0.25, 0.3) is 0 Å². The molecular formula is C28H24ClNO7S. The Morgan fingerprint density at radius 1 is 0.895 bits per heavy atom. The van der Waals surface area contributed by atoms with Crippen LogP contribution in [0.2, 0.25) is 5.02 Å². The largest absolute Gasteiger partial charge is 0.492 e. The van der Waals surface area contributed by atoms with E-state index in [-0.39, 0.29) is 23.7 Å². The van der Waals surface area contributed by atoms with Crippen molar-refractivity contribution in [3.05, 3.63) is 98.1 Å². The van der Waals surface area contributed by atoms with Gasteiger partial charge in [0, 0.05) is 16.1 Å². The molecule has 0 atom stereocenters. The second-order valence-corrected chi connectivity index (χ2v) is 9.76. The molecule has 0 N–H and O–H groups in total. The van der Waals surface area contributed by atoms with E-state index in [1.165, 1.54) is 14.2 Å². The van der Waals surface area contributed by atoms with Gasteiger partial charge in [-0.15, -0.1) is 0 Å². The zero-order valence-corrected chi connectivity index (χ0v) is 22.2. The fourth-order valence-corrected chi connectivity index (χ4v) is 5.03. The Morgan fingerprint density at radius 2 is 1.53 bits per heavy atom. The van der Waals surface area contributed by atoms with E-state index in [2.05, 4.69) is 9.47 Å². The Balaban J connectivity index is 1.40. The number of carbonyl (C=O) groups is 3. The predicted molar refractivity (Wildman–Crippen MR) is 144 cm³/mol. The summed E-state index contributed by atoms with van der Waals surface area (Å²) in [6, 6.07) is 18.8. The highest BCUT2D eigenvalue weighted by Gasteiger charge is 2.28. The number of methoxy groups -OCH3 is 2. The topological polar surface area (TPSA) is 101 Å². The molecule has 0 saturated heterocycles. The number of nitrogens with zero attached hydrogens (tertiary/aromatic N) is 1. The van der Waals surface area contributed by atoms with E-state index in [1.807, 2.05) is 0 Å². The van der Waals surface area contributed by atoms with Crippen molar-refractivity contribution in [1.82, 2.24) is 4.57 Å². The third-order valence-electron chi connectivity index (χ3n) is 5.96. The van der Waals surface area contributed by atoms with E-state index in [0.717, 1.165) is 22.4 Å². The summed E-state index contributed by atoms with van der Waals surface area (Å²) in [5.74, 6) is -1.94. The fraction of sp³-hybridized carbons (Fsp3) is 0.214. The van der Waals surface area contributed by atoms with Gasteiger partial charge in [-0.05, 0) is 66.6 Å². The minimum atomic E-state index is -1.04. The van der Waals surface area contributed by atoms with Crippen LogP contribution in [0.4, 0.5) is 0 Å². The van der Waals surface area contributed by atoms with E-state index in [0.29, 0.717) is 33.1 Å². The van der Waals surface area contributed by atoms with Crippen LogP contribution in [0.25, 0.3) is 10.2 Å². The Bertz CT molecular complexity index is 1510. The molecule has 8 nitrogen and oxygen atoms in total. The molecule has 0 aliphatic heterocycles. The molecule has 0 saturated carbocycles. The lowest BCUT2D eigenvalue weighted by Gasteiger charge is -2.13. The number of hydrogen-bond acceptors (Lipinski definition) is 8. The molecule has 0 aliphatic rings. The molecule has 0 radical (unpaired) electrons. The maximum absolute atomic E-state index is 12.8. The van der Waals surface area contributed by atoms with Crippen molar-refractivity contribution < 1.29 is 28.6 Å². The highest BCUT2D eigenvalue weighted by atomic mass is 35.5. The van der Waals surface area contributed by atoms with Crippen LogP contribution in [-0.2, 0) is 32.0 Å². The van der Waals surface area contributed by atoms with Gasteiger partial charge in [-0.2, -0.15) is 0 Å². The number of rotatable bonds is 10. The number of fused-ring (bicyclic) bond motifs is 1. The number of ether oxygens (including phenoxy) is 3. The van der Waals surface area contributed by atoms with Crippen LogP contribution in [0.1, 0.15) is 21.5 Å². The average Bonchev–Trinajstić information content (AvgIpc) is 3.25. The predicted octanol–water partition coefficient (Wildman–Crippen LogP) is 4.53. The normalized spacial score (nSPS) is 10.9. The molecule has 0 fully saturated rings. The van der Waals surface area contributed by atoms with Crippen LogP contribution in [0.15, 0.2) is 71.5 Å². The number of thiazole rings is 1. The molecule has 3 aromatic carbocycles. The Kier molecular flexibility index (Phi) is 8.60. The SMILES string of the molecule is COC(=O)C(Cc1ccc(OCCn2c(=O)sc3cc(C(=O)c4ccc(Cl)cc4)ccc32)cc1)C(=O)OC. The van der Waals surface area contributed by atoms with Crippen LogP contribution in [0, 0.1) is 5.92 Å². The van der Waals surface area contributed by atoms with Crippen molar-refractivity contribution in [2.45, 2.75) is 13.0 Å². The van der Waals surface area contributed by atoms with Gasteiger partial charge in [0.15, 0.2) is 11.7 Å². The average molecular weight is 554 g/mol. The van der Waals surface area contributed by atoms with Crippen molar-refractivity contribution in [1.29, 1.82) is 0 Å². The molecular weight excluding hydrogens is 530 g/mol. The fourth-order valence-electron chi connectivity index (χ4n) is 3.95. The van der Waals surface area contributed by atoms with Gasteiger partial charge in [-0.3, -0.25) is 23.7 Å². The first-order valence-corrected chi connectivity index (χ1v) is 12.8. The van der Waals surface area contributed by atoms with Gasteiger partial charge in [0.05, 0.1) is 31.0 Å². The maximum atomic E-state index is 12.8. The summed E-state index contributed by atoms with van der Waals surface area (Å²) in [6.07, 6.45) is 0.137. The second-order valence-electron chi connectivity index (χ2n) is 8.33. The Morgan fingerprint density at radius 3 is 2.16 bits per heavy atom. The third kappa shape index (κ3) is 6.12. The number of esters is 2. The van der Waals surface area contributed by atoms with Gasteiger partial charge < -0.3 is 14.2 Å². The van der Waals surface area contributed by atoms with E-state index < -0.39 is 17.9 Å².